The molecule has 4 heteroatoms. The van der Waals surface area contributed by atoms with Gasteiger partial charge in [-0.15, -0.1) is 0 Å². The largest absolute Gasteiger partial charge is 0.349 e. The highest BCUT2D eigenvalue weighted by Crippen LogP contribution is 2.41. The molecule has 0 aromatic heterocycles. The van der Waals surface area contributed by atoms with Gasteiger partial charge in [-0.3, -0.25) is 0 Å². The molecule has 3 rings (SSSR count). The minimum atomic E-state index is 0.184. The van der Waals surface area contributed by atoms with Crippen LogP contribution >= 0.6 is 11.6 Å². The van der Waals surface area contributed by atoms with Gasteiger partial charge in [0.25, 0.3) is 0 Å². The van der Waals surface area contributed by atoms with E-state index in [9.17, 15) is 0 Å². The van der Waals surface area contributed by atoms with E-state index >= 15 is 0 Å². The highest BCUT2D eigenvalue weighted by Gasteiger charge is 2.33. The van der Waals surface area contributed by atoms with Crippen molar-refractivity contribution in [3.05, 3.63) is 59.1 Å². The standard InChI is InChI=1S/C17H20ClN3/c1-2-20-16-10-14(18)8-9-15(16)21(17(20)11-19)12-13-6-4-3-5-7-13/h3-10,17H,2,11-12,19H2,1H3. The SMILES string of the molecule is CCN1c2cc(Cl)ccc2N(Cc2ccccc2)C1CN. The van der Waals surface area contributed by atoms with E-state index in [2.05, 4.69) is 47.1 Å². The predicted molar refractivity (Wildman–Crippen MR) is 89.9 cm³/mol. The minimum Gasteiger partial charge on any atom is -0.349 e. The number of rotatable bonds is 4. The number of fused-ring (bicyclic) bond motifs is 1. The lowest BCUT2D eigenvalue weighted by molar-refractivity contribution is 0.593. The summed E-state index contributed by atoms with van der Waals surface area (Å²) in [5.41, 5.74) is 9.72. The van der Waals surface area contributed by atoms with Gasteiger partial charge < -0.3 is 15.5 Å². The summed E-state index contributed by atoms with van der Waals surface area (Å²) in [6.07, 6.45) is 0.184. The summed E-state index contributed by atoms with van der Waals surface area (Å²) in [6.45, 7) is 4.51. The number of hydrogen-bond donors (Lipinski definition) is 1. The first-order valence-corrected chi connectivity index (χ1v) is 7.69. The molecule has 3 nitrogen and oxygen atoms in total. The van der Waals surface area contributed by atoms with Crippen LogP contribution < -0.4 is 15.5 Å². The Hall–Kier alpha value is -1.71. The average molecular weight is 302 g/mol. The molecule has 0 bridgehead atoms. The van der Waals surface area contributed by atoms with Gasteiger partial charge in [0.1, 0.15) is 6.17 Å². The van der Waals surface area contributed by atoms with Crippen LogP contribution in [0.25, 0.3) is 0 Å². The first-order valence-electron chi connectivity index (χ1n) is 7.31. The number of nitrogens with two attached hydrogens (primary N) is 1. The Kier molecular flexibility index (Phi) is 4.04. The van der Waals surface area contributed by atoms with E-state index in [1.54, 1.807) is 0 Å². The third-order valence-corrected chi connectivity index (χ3v) is 4.26. The monoisotopic (exact) mass is 301 g/mol. The number of halogens is 1. The summed E-state index contributed by atoms with van der Waals surface area (Å²) in [6, 6.07) is 16.6. The number of hydrogen-bond acceptors (Lipinski definition) is 3. The lowest BCUT2D eigenvalue weighted by atomic mass is 10.2. The summed E-state index contributed by atoms with van der Waals surface area (Å²) in [7, 11) is 0. The van der Waals surface area contributed by atoms with Crippen LogP contribution in [0.15, 0.2) is 48.5 Å². The fourth-order valence-electron chi connectivity index (χ4n) is 3.07. The summed E-state index contributed by atoms with van der Waals surface area (Å²) in [4.78, 5) is 4.69. The second-order valence-corrected chi connectivity index (χ2v) is 5.69. The Morgan fingerprint density at radius 2 is 1.81 bits per heavy atom. The molecule has 0 saturated heterocycles. The van der Waals surface area contributed by atoms with E-state index in [4.69, 9.17) is 17.3 Å². The zero-order valence-electron chi connectivity index (χ0n) is 12.2. The van der Waals surface area contributed by atoms with Crippen LogP contribution in [0.1, 0.15) is 12.5 Å². The molecule has 0 aliphatic carbocycles. The van der Waals surface area contributed by atoms with Crippen LogP contribution in [0.3, 0.4) is 0 Å². The molecular formula is C17H20ClN3. The fourth-order valence-corrected chi connectivity index (χ4v) is 3.23. The second-order valence-electron chi connectivity index (χ2n) is 5.25. The molecule has 2 aromatic rings. The summed E-state index contributed by atoms with van der Waals surface area (Å²) in [5.74, 6) is 0. The van der Waals surface area contributed by atoms with Gasteiger partial charge in [-0.1, -0.05) is 41.9 Å². The van der Waals surface area contributed by atoms with E-state index in [0.717, 1.165) is 18.1 Å². The third kappa shape index (κ3) is 2.59. The molecule has 0 fully saturated rings. The summed E-state index contributed by atoms with van der Waals surface area (Å²) in [5, 5.41) is 0.768. The molecule has 1 atom stereocenters. The van der Waals surface area contributed by atoms with Gasteiger partial charge in [0.15, 0.2) is 0 Å². The third-order valence-electron chi connectivity index (χ3n) is 4.02. The van der Waals surface area contributed by atoms with Crippen molar-refractivity contribution in [1.29, 1.82) is 0 Å². The molecule has 1 aliphatic rings. The Bertz CT molecular complexity index is 615. The van der Waals surface area contributed by atoms with E-state index in [0.29, 0.717) is 6.54 Å². The van der Waals surface area contributed by atoms with Crippen molar-refractivity contribution in [2.24, 2.45) is 5.73 Å². The molecular weight excluding hydrogens is 282 g/mol. The number of likely N-dealkylation sites (N-methyl/N-ethyl adjacent to an activating group) is 1. The van der Waals surface area contributed by atoms with Crippen molar-refractivity contribution in [2.75, 3.05) is 22.9 Å². The van der Waals surface area contributed by atoms with Crippen LogP contribution in [0.5, 0.6) is 0 Å². The van der Waals surface area contributed by atoms with Crippen LogP contribution in [-0.4, -0.2) is 19.3 Å². The highest BCUT2D eigenvalue weighted by atomic mass is 35.5. The van der Waals surface area contributed by atoms with E-state index in [1.807, 2.05) is 18.2 Å². The van der Waals surface area contributed by atoms with Crippen molar-refractivity contribution in [3.8, 4) is 0 Å². The van der Waals surface area contributed by atoms with Crippen molar-refractivity contribution in [3.63, 3.8) is 0 Å². The van der Waals surface area contributed by atoms with E-state index in [-0.39, 0.29) is 6.17 Å². The van der Waals surface area contributed by atoms with Gasteiger partial charge in [-0.25, -0.2) is 0 Å². The number of benzene rings is 2. The molecule has 2 N–H and O–H groups in total. The normalized spacial score (nSPS) is 17.2. The Morgan fingerprint density at radius 1 is 1.05 bits per heavy atom. The van der Waals surface area contributed by atoms with Crippen LogP contribution in [-0.2, 0) is 6.54 Å². The van der Waals surface area contributed by atoms with E-state index < -0.39 is 0 Å². The second kappa shape index (κ2) is 5.96. The topological polar surface area (TPSA) is 32.5 Å². The number of nitrogens with zero attached hydrogens (tertiary/aromatic N) is 2. The molecule has 110 valence electrons. The molecule has 0 spiro atoms. The molecule has 1 unspecified atom stereocenters. The van der Waals surface area contributed by atoms with Crippen LogP contribution in [0.2, 0.25) is 5.02 Å². The highest BCUT2D eigenvalue weighted by molar-refractivity contribution is 6.31. The van der Waals surface area contributed by atoms with Crippen molar-refractivity contribution >= 4 is 23.0 Å². The first kappa shape index (κ1) is 14.2. The zero-order chi connectivity index (χ0) is 14.8. The van der Waals surface area contributed by atoms with Crippen LogP contribution in [0.4, 0.5) is 11.4 Å². The van der Waals surface area contributed by atoms with Gasteiger partial charge in [-0.2, -0.15) is 0 Å². The van der Waals surface area contributed by atoms with Gasteiger partial charge in [0.2, 0.25) is 0 Å². The molecule has 0 radical (unpaired) electrons. The molecule has 1 aliphatic heterocycles. The predicted octanol–water partition coefficient (Wildman–Crippen LogP) is 3.47. The smallest absolute Gasteiger partial charge is 0.114 e. The van der Waals surface area contributed by atoms with Crippen molar-refractivity contribution in [1.82, 2.24) is 0 Å². The van der Waals surface area contributed by atoms with E-state index in [1.165, 1.54) is 16.9 Å². The van der Waals surface area contributed by atoms with Gasteiger partial charge in [0.05, 0.1) is 11.4 Å². The lowest BCUT2D eigenvalue weighted by Gasteiger charge is -2.31. The summed E-state index contributed by atoms with van der Waals surface area (Å²) < 4.78 is 0. The zero-order valence-corrected chi connectivity index (χ0v) is 12.9. The van der Waals surface area contributed by atoms with Gasteiger partial charge >= 0.3 is 0 Å². The molecule has 21 heavy (non-hydrogen) atoms. The van der Waals surface area contributed by atoms with Crippen LogP contribution in [0, 0.1) is 0 Å². The number of anilines is 2. The fraction of sp³-hybridized carbons (Fsp3) is 0.294. The average Bonchev–Trinajstić information content (AvgIpc) is 2.80. The van der Waals surface area contributed by atoms with Gasteiger partial charge in [0, 0.05) is 24.7 Å². The Morgan fingerprint density at radius 3 is 2.48 bits per heavy atom. The summed E-state index contributed by atoms with van der Waals surface area (Å²) >= 11 is 6.17. The quantitative estimate of drug-likeness (QED) is 0.938. The minimum absolute atomic E-state index is 0.184. The molecule has 0 amide bonds. The van der Waals surface area contributed by atoms with Crippen molar-refractivity contribution in [2.45, 2.75) is 19.6 Å². The maximum Gasteiger partial charge on any atom is 0.114 e. The first-order chi connectivity index (χ1) is 10.2. The maximum absolute atomic E-state index is 6.17. The Labute approximate surface area is 130 Å². The molecule has 1 heterocycles. The Balaban J connectivity index is 1.99. The molecule has 0 saturated carbocycles. The molecule has 2 aromatic carbocycles. The van der Waals surface area contributed by atoms with Crippen molar-refractivity contribution < 1.29 is 0 Å². The van der Waals surface area contributed by atoms with Gasteiger partial charge in [-0.05, 0) is 30.7 Å². The maximum atomic E-state index is 6.17. The lowest BCUT2D eigenvalue weighted by Crippen LogP contribution is -2.47.